The summed E-state index contributed by atoms with van der Waals surface area (Å²) in [4.78, 5) is 2.22. The molecule has 1 aliphatic heterocycles. The largest absolute Gasteiger partial charge is 0.384 e. The molecule has 2 rings (SSSR count). The van der Waals surface area contributed by atoms with Gasteiger partial charge in [-0.25, -0.2) is 4.39 Å². The summed E-state index contributed by atoms with van der Waals surface area (Å²) in [5.41, 5.74) is 6.93. The van der Waals surface area contributed by atoms with Gasteiger partial charge in [0.2, 0.25) is 0 Å². The smallest absolute Gasteiger partial charge is 0.125 e. The third-order valence-electron chi connectivity index (χ3n) is 3.57. The molecule has 0 radical (unpaired) electrons. The molecular formula is C14H20FN3. The van der Waals surface area contributed by atoms with Crippen LogP contribution in [0.3, 0.4) is 0 Å². The normalized spacial score (nSPS) is 19.2. The van der Waals surface area contributed by atoms with Crippen molar-refractivity contribution in [3.63, 3.8) is 0 Å². The van der Waals surface area contributed by atoms with Gasteiger partial charge in [-0.05, 0) is 37.0 Å². The Kier molecular flexibility index (Phi) is 3.84. The quantitative estimate of drug-likeness (QED) is 0.637. The van der Waals surface area contributed by atoms with Crippen LogP contribution >= 0.6 is 0 Å². The summed E-state index contributed by atoms with van der Waals surface area (Å²) in [7, 11) is 0. The van der Waals surface area contributed by atoms with Crippen molar-refractivity contribution in [3.05, 3.63) is 29.6 Å². The highest BCUT2D eigenvalue weighted by Crippen LogP contribution is 2.29. The number of nitrogens with zero attached hydrogens (tertiary/aromatic N) is 1. The van der Waals surface area contributed by atoms with E-state index in [0.717, 1.165) is 18.8 Å². The van der Waals surface area contributed by atoms with E-state index in [1.807, 2.05) is 0 Å². The van der Waals surface area contributed by atoms with E-state index < -0.39 is 0 Å². The summed E-state index contributed by atoms with van der Waals surface area (Å²) >= 11 is 0. The lowest BCUT2D eigenvalue weighted by Gasteiger charge is -2.21. The Balaban J connectivity index is 2.21. The highest BCUT2D eigenvalue weighted by Gasteiger charge is 2.24. The van der Waals surface area contributed by atoms with Gasteiger partial charge in [-0.1, -0.05) is 13.3 Å². The standard InChI is InChI=1S/C14H20FN3/c1-2-3-10-6-7-18(9-10)13-5-4-11(15)8-12(13)14(16)17/h4-5,8,10H,2-3,6-7,9H2,1H3,(H3,16,17). The maximum absolute atomic E-state index is 13.2. The Labute approximate surface area is 107 Å². The summed E-state index contributed by atoms with van der Waals surface area (Å²) in [6.45, 7) is 4.15. The topological polar surface area (TPSA) is 53.1 Å². The molecule has 0 aliphatic carbocycles. The molecule has 1 atom stereocenters. The van der Waals surface area contributed by atoms with Crippen LogP contribution in [0.15, 0.2) is 18.2 Å². The number of halogens is 1. The lowest BCUT2D eigenvalue weighted by Crippen LogP contribution is -2.24. The molecule has 3 N–H and O–H groups in total. The van der Waals surface area contributed by atoms with E-state index >= 15 is 0 Å². The van der Waals surface area contributed by atoms with Crippen LogP contribution in [0, 0.1) is 17.1 Å². The van der Waals surface area contributed by atoms with Crippen LogP contribution in [0.1, 0.15) is 31.7 Å². The van der Waals surface area contributed by atoms with Crippen LogP contribution in [-0.2, 0) is 0 Å². The first-order valence-corrected chi connectivity index (χ1v) is 6.50. The van der Waals surface area contributed by atoms with Gasteiger partial charge in [-0.3, -0.25) is 5.41 Å². The second kappa shape index (κ2) is 5.38. The Morgan fingerprint density at radius 1 is 1.56 bits per heavy atom. The van der Waals surface area contributed by atoms with Gasteiger partial charge >= 0.3 is 0 Å². The molecule has 3 nitrogen and oxygen atoms in total. The zero-order chi connectivity index (χ0) is 13.1. The van der Waals surface area contributed by atoms with Crippen LogP contribution in [0.25, 0.3) is 0 Å². The molecule has 1 saturated heterocycles. The van der Waals surface area contributed by atoms with Crippen LogP contribution < -0.4 is 10.6 Å². The number of hydrogen-bond acceptors (Lipinski definition) is 2. The van der Waals surface area contributed by atoms with Crippen molar-refractivity contribution < 1.29 is 4.39 Å². The monoisotopic (exact) mass is 249 g/mol. The average molecular weight is 249 g/mol. The summed E-state index contributed by atoms with van der Waals surface area (Å²) < 4.78 is 13.2. The Morgan fingerprint density at radius 2 is 2.33 bits per heavy atom. The number of nitrogens with two attached hydrogens (primary N) is 1. The van der Waals surface area contributed by atoms with Crippen molar-refractivity contribution in [2.75, 3.05) is 18.0 Å². The molecule has 1 heterocycles. The maximum atomic E-state index is 13.2. The molecule has 1 aromatic rings. The Morgan fingerprint density at radius 3 is 3.00 bits per heavy atom. The minimum atomic E-state index is -0.340. The molecule has 98 valence electrons. The third kappa shape index (κ3) is 2.63. The lowest BCUT2D eigenvalue weighted by molar-refractivity contribution is 0.530. The van der Waals surface area contributed by atoms with E-state index in [-0.39, 0.29) is 11.7 Å². The highest BCUT2D eigenvalue weighted by molar-refractivity contribution is 6.00. The number of hydrogen-bond donors (Lipinski definition) is 2. The maximum Gasteiger partial charge on any atom is 0.125 e. The van der Waals surface area contributed by atoms with Gasteiger partial charge in [0.15, 0.2) is 0 Å². The minimum Gasteiger partial charge on any atom is -0.384 e. The molecular weight excluding hydrogens is 229 g/mol. The fourth-order valence-electron chi connectivity index (χ4n) is 2.70. The van der Waals surface area contributed by atoms with Gasteiger partial charge < -0.3 is 10.6 Å². The zero-order valence-corrected chi connectivity index (χ0v) is 10.7. The molecule has 1 aliphatic rings. The minimum absolute atomic E-state index is 0.0663. The van der Waals surface area contributed by atoms with E-state index in [9.17, 15) is 4.39 Å². The zero-order valence-electron chi connectivity index (χ0n) is 10.7. The van der Waals surface area contributed by atoms with Gasteiger partial charge in [-0.15, -0.1) is 0 Å². The van der Waals surface area contributed by atoms with Crippen molar-refractivity contribution in [2.45, 2.75) is 26.2 Å². The molecule has 4 heteroatoms. The number of benzene rings is 1. The predicted molar refractivity (Wildman–Crippen MR) is 72.6 cm³/mol. The molecule has 1 unspecified atom stereocenters. The van der Waals surface area contributed by atoms with E-state index in [1.54, 1.807) is 6.07 Å². The van der Waals surface area contributed by atoms with Crippen molar-refractivity contribution in [1.82, 2.24) is 0 Å². The average Bonchev–Trinajstić information content (AvgIpc) is 2.78. The van der Waals surface area contributed by atoms with Crippen LogP contribution in [0.5, 0.6) is 0 Å². The van der Waals surface area contributed by atoms with Crippen molar-refractivity contribution in [1.29, 1.82) is 5.41 Å². The summed E-state index contributed by atoms with van der Waals surface area (Å²) in [6, 6.07) is 4.53. The molecule has 1 fully saturated rings. The van der Waals surface area contributed by atoms with Gasteiger partial charge in [0.1, 0.15) is 11.7 Å². The van der Waals surface area contributed by atoms with Gasteiger partial charge in [0.05, 0.1) is 0 Å². The summed E-state index contributed by atoms with van der Waals surface area (Å²) in [5.74, 6) is 0.302. The Hall–Kier alpha value is -1.58. The van der Waals surface area contributed by atoms with Crippen molar-refractivity contribution in [3.8, 4) is 0 Å². The van der Waals surface area contributed by atoms with Crippen molar-refractivity contribution >= 4 is 11.5 Å². The van der Waals surface area contributed by atoms with Crippen LogP contribution in [0.2, 0.25) is 0 Å². The fourth-order valence-corrected chi connectivity index (χ4v) is 2.70. The second-order valence-electron chi connectivity index (χ2n) is 4.96. The summed E-state index contributed by atoms with van der Waals surface area (Å²) in [5, 5.41) is 7.55. The van der Waals surface area contributed by atoms with Crippen LogP contribution in [-0.4, -0.2) is 18.9 Å². The predicted octanol–water partition coefficient (Wildman–Crippen LogP) is 2.74. The van der Waals surface area contributed by atoms with Gasteiger partial charge in [-0.2, -0.15) is 0 Å². The first kappa shape index (κ1) is 12.9. The lowest BCUT2D eigenvalue weighted by atomic mass is 10.0. The van der Waals surface area contributed by atoms with Gasteiger partial charge in [0, 0.05) is 24.3 Å². The first-order chi connectivity index (χ1) is 8.61. The molecule has 0 spiro atoms. The third-order valence-corrected chi connectivity index (χ3v) is 3.57. The van der Waals surface area contributed by atoms with Crippen LogP contribution in [0.4, 0.5) is 10.1 Å². The number of rotatable bonds is 4. The highest BCUT2D eigenvalue weighted by atomic mass is 19.1. The number of amidine groups is 1. The molecule has 1 aromatic carbocycles. The molecule has 0 amide bonds. The summed E-state index contributed by atoms with van der Waals surface area (Å²) in [6.07, 6.45) is 3.59. The van der Waals surface area contributed by atoms with E-state index in [4.69, 9.17) is 11.1 Å². The molecule has 0 bridgehead atoms. The van der Waals surface area contributed by atoms with E-state index in [1.165, 1.54) is 31.4 Å². The SMILES string of the molecule is CCCC1CCN(c2ccc(F)cc2C(=N)N)C1. The van der Waals surface area contributed by atoms with Crippen molar-refractivity contribution in [2.24, 2.45) is 11.7 Å². The second-order valence-corrected chi connectivity index (χ2v) is 4.96. The number of nitrogens with one attached hydrogen (secondary N) is 1. The van der Waals surface area contributed by atoms with E-state index in [2.05, 4.69) is 11.8 Å². The Bertz CT molecular complexity index is 445. The molecule has 0 saturated carbocycles. The van der Waals surface area contributed by atoms with E-state index in [0.29, 0.717) is 11.5 Å². The number of nitrogen functional groups attached to an aromatic ring is 1. The molecule has 18 heavy (non-hydrogen) atoms. The van der Waals surface area contributed by atoms with Gasteiger partial charge in [0.25, 0.3) is 0 Å². The first-order valence-electron chi connectivity index (χ1n) is 6.50. The fraction of sp³-hybridized carbons (Fsp3) is 0.500. The molecule has 0 aromatic heterocycles. The number of anilines is 1.